The van der Waals surface area contributed by atoms with Gasteiger partial charge in [0.1, 0.15) is 0 Å². The van der Waals surface area contributed by atoms with Gasteiger partial charge in [0.25, 0.3) is 0 Å². The van der Waals surface area contributed by atoms with Crippen molar-refractivity contribution in [3.05, 3.63) is 0 Å². The third-order valence-corrected chi connectivity index (χ3v) is 5.21. The summed E-state index contributed by atoms with van der Waals surface area (Å²) in [5.41, 5.74) is 6.14. The molecule has 2 aliphatic rings. The Balaban J connectivity index is 0.00000200. The summed E-state index contributed by atoms with van der Waals surface area (Å²) in [6.07, 6.45) is 6.37. The second kappa shape index (κ2) is 7.10. The van der Waals surface area contributed by atoms with Crippen LogP contribution < -0.4 is 11.1 Å². The fraction of sp³-hybridized carbons (Fsp3) is 0.933. The fourth-order valence-corrected chi connectivity index (χ4v) is 3.51. The average molecular weight is 305 g/mol. The topological polar surface area (TPSA) is 64.3 Å². The maximum Gasteiger partial charge on any atom is 0.220 e. The molecule has 0 radical (unpaired) electrons. The van der Waals surface area contributed by atoms with E-state index in [9.17, 15) is 4.79 Å². The molecule has 2 saturated carbocycles. The Kier molecular flexibility index (Phi) is 6.29. The Bertz CT molecular complexity index is 336. The Labute approximate surface area is 128 Å². The number of halogens is 1. The maximum absolute atomic E-state index is 12.1. The van der Waals surface area contributed by atoms with E-state index in [0.717, 1.165) is 19.3 Å². The third kappa shape index (κ3) is 3.66. The van der Waals surface area contributed by atoms with Crippen molar-refractivity contribution in [3.8, 4) is 0 Å². The molecule has 0 spiro atoms. The zero-order chi connectivity index (χ0) is 14.0. The molecule has 1 amide bonds. The molecule has 20 heavy (non-hydrogen) atoms. The van der Waals surface area contributed by atoms with Crippen LogP contribution in [0.5, 0.6) is 0 Å². The van der Waals surface area contributed by atoms with Crippen molar-refractivity contribution in [2.45, 2.75) is 70.6 Å². The SMILES string of the molecule is COC1CC(NC(=O)CC2CCCCC2N)C1(C)C.Cl. The highest BCUT2D eigenvalue weighted by Gasteiger charge is 2.49. The molecule has 4 unspecified atom stereocenters. The molecule has 4 atom stereocenters. The van der Waals surface area contributed by atoms with Gasteiger partial charge in [0.2, 0.25) is 5.91 Å². The van der Waals surface area contributed by atoms with Crippen molar-refractivity contribution in [2.24, 2.45) is 17.1 Å². The lowest BCUT2D eigenvalue weighted by atomic mass is 9.64. The Hall–Kier alpha value is -0.320. The quantitative estimate of drug-likeness (QED) is 0.837. The highest BCUT2D eigenvalue weighted by atomic mass is 35.5. The van der Waals surface area contributed by atoms with Crippen LogP contribution in [0.2, 0.25) is 0 Å². The Morgan fingerprint density at radius 3 is 2.55 bits per heavy atom. The van der Waals surface area contributed by atoms with Gasteiger partial charge in [0.05, 0.1) is 6.10 Å². The highest BCUT2D eigenvalue weighted by Crippen LogP contribution is 2.42. The summed E-state index contributed by atoms with van der Waals surface area (Å²) in [4.78, 5) is 12.1. The second-order valence-corrected chi connectivity index (χ2v) is 6.81. The van der Waals surface area contributed by atoms with Crippen molar-refractivity contribution >= 4 is 18.3 Å². The first-order chi connectivity index (χ1) is 8.95. The Morgan fingerprint density at radius 2 is 2.00 bits per heavy atom. The molecule has 4 nitrogen and oxygen atoms in total. The van der Waals surface area contributed by atoms with Gasteiger partial charge in [0, 0.05) is 31.0 Å². The number of methoxy groups -OCH3 is 1. The zero-order valence-corrected chi connectivity index (χ0v) is 13.7. The van der Waals surface area contributed by atoms with Crippen LogP contribution in [0.15, 0.2) is 0 Å². The molecule has 3 N–H and O–H groups in total. The molecule has 5 heteroatoms. The van der Waals surface area contributed by atoms with Gasteiger partial charge >= 0.3 is 0 Å². The van der Waals surface area contributed by atoms with Crippen LogP contribution in [-0.2, 0) is 9.53 Å². The molecule has 118 valence electrons. The number of rotatable bonds is 4. The summed E-state index contributed by atoms with van der Waals surface area (Å²) < 4.78 is 5.41. The predicted octanol–water partition coefficient (Wildman–Crippen LogP) is 2.25. The number of nitrogens with one attached hydrogen (secondary N) is 1. The summed E-state index contributed by atoms with van der Waals surface area (Å²) in [5.74, 6) is 0.533. The minimum absolute atomic E-state index is 0. The van der Waals surface area contributed by atoms with Gasteiger partial charge in [0.15, 0.2) is 0 Å². The van der Waals surface area contributed by atoms with Crippen LogP contribution in [-0.4, -0.2) is 31.2 Å². The summed E-state index contributed by atoms with van der Waals surface area (Å²) >= 11 is 0. The number of amides is 1. The zero-order valence-electron chi connectivity index (χ0n) is 12.9. The summed E-state index contributed by atoms with van der Waals surface area (Å²) in [6.45, 7) is 4.31. The predicted molar refractivity (Wildman–Crippen MR) is 82.9 cm³/mol. The highest BCUT2D eigenvalue weighted by molar-refractivity contribution is 5.85. The van der Waals surface area contributed by atoms with Crippen molar-refractivity contribution in [3.63, 3.8) is 0 Å². The van der Waals surface area contributed by atoms with Crippen LogP contribution in [0.25, 0.3) is 0 Å². The molecule has 0 aliphatic heterocycles. The number of hydrogen-bond acceptors (Lipinski definition) is 3. The first-order valence-corrected chi connectivity index (χ1v) is 7.53. The van der Waals surface area contributed by atoms with Gasteiger partial charge in [-0.25, -0.2) is 0 Å². The van der Waals surface area contributed by atoms with Gasteiger partial charge in [-0.1, -0.05) is 26.7 Å². The summed E-state index contributed by atoms with van der Waals surface area (Å²) in [6, 6.07) is 0.449. The number of nitrogens with two attached hydrogens (primary N) is 1. The molecule has 0 saturated heterocycles. The summed E-state index contributed by atoms with van der Waals surface area (Å²) in [7, 11) is 1.74. The van der Waals surface area contributed by atoms with E-state index in [1.165, 1.54) is 12.8 Å². The van der Waals surface area contributed by atoms with Gasteiger partial charge in [-0.3, -0.25) is 4.79 Å². The standard InChI is InChI=1S/C15H28N2O2.ClH/c1-15(2)12(9-13(15)19-3)17-14(18)8-10-6-4-5-7-11(10)16;/h10-13H,4-9,16H2,1-3H3,(H,17,18);1H. The number of hydrogen-bond donors (Lipinski definition) is 2. The second-order valence-electron chi connectivity index (χ2n) is 6.81. The molecular formula is C15H29ClN2O2. The van der Waals surface area contributed by atoms with E-state index in [4.69, 9.17) is 10.5 Å². The van der Waals surface area contributed by atoms with E-state index in [2.05, 4.69) is 19.2 Å². The van der Waals surface area contributed by atoms with E-state index in [1.54, 1.807) is 7.11 Å². The number of carbonyl (C=O) groups is 1. The van der Waals surface area contributed by atoms with Crippen LogP contribution in [0, 0.1) is 11.3 Å². The molecule has 0 bridgehead atoms. The van der Waals surface area contributed by atoms with Crippen molar-refractivity contribution < 1.29 is 9.53 Å². The first kappa shape index (κ1) is 17.7. The van der Waals surface area contributed by atoms with Gasteiger partial charge in [-0.15, -0.1) is 12.4 Å². The molecule has 0 aromatic rings. The van der Waals surface area contributed by atoms with Crippen LogP contribution in [0.1, 0.15) is 52.4 Å². The van der Waals surface area contributed by atoms with E-state index in [1.807, 2.05) is 0 Å². The van der Waals surface area contributed by atoms with Gasteiger partial charge < -0.3 is 15.8 Å². The summed E-state index contributed by atoms with van der Waals surface area (Å²) in [5, 5.41) is 3.16. The lowest BCUT2D eigenvalue weighted by Gasteiger charge is -2.51. The van der Waals surface area contributed by atoms with Crippen molar-refractivity contribution in [1.82, 2.24) is 5.32 Å². The lowest BCUT2D eigenvalue weighted by molar-refractivity contribution is -0.133. The minimum Gasteiger partial charge on any atom is -0.381 e. The largest absolute Gasteiger partial charge is 0.381 e. The third-order valence-electron chi connectivity index (χ3n) is 5.21. The molecule has 0 aromatic carbocycles. The fourth-order valence-electron chi connectivity index (χ4n) is 3.51. The van der Waals surface area contributed by atoms with E-state index in [0.29, 0.717) is 12.3 Å². The van der Waals surface area contributed by atoms with Crippen LogP contribution in [0.4, 0.5) is 0 Å². The van der Waals surface area contributed by atoms with E-state index < -0.39 is 0 Å². The molecular weight excluding hydrogens is 276 g/mol. The number of carbonyl (C=O) groups excluding carboxylic acids is 1. The smallest absolute Gasteiger partial charge is 0.220 e. The molecule has 0 heterocycles. The van der Waals surface area contributed by atoms with Crippen molar-refractivity contribution in [2.75, 3.05) is 7.11 Å². The normalized spacial score (nSPS) is 35.6. The minimum atomic E-state index is 0. The molecule has 0 aromatic heterocycles. The van der Waals surface area contributed by atoms with E-state index >= 15 is 0 Å². The van der Waals surface area contributed by atoms with Gasteiger partial charge in [-0.2, -0.15) is 0 Å². The molecule has 2 aliphatic carbocycles. The van der Waals surface area contributed by atoms with Gasteiger partial charge in [-0.05, 0) is 25.2 Å². The molecule has 2 fully saturated rings. The van der Waals surface area contributed by atoms with E-state index in [-0.39, 0.29) is 41.9 Å². The van der Waals surface area contributed by atoms with Crippen LogP contribution in [0.3, 0.4) is 0 Å². The average Bonchev–Trinajstić information content (AvgIpc) is 2.37. The maximum atomic E-state index is 12.1. The Morgan fingerprint density at radius 1 is 1.35 bits per heavy atom. The lowest BCUT2D eigenvalue weighted by Crippen LogP contribution is -2.62. The monoisotopic (exact) mass is 304 g/mol. The number of ether oxygens (including phenoxy) is 1. The van der Waals surface area contributed by atoms with Crippen LogP contribution >= 0.6 is 12.4 Å². The first-order valence-electron chi connectivity index (χ1n) is 7.53. The molecule has 2 rings (SSSR count). The van der Waals surface area contributed by atoms with Crippen molar-refractivity contribution in [1.29, 1.82) is 0 Å².